The molecule has 27 heavy (non-hydrogen) atoms. The van der Waals surface area contributed by atoms with Crippen molar-refractivity contribution in [3.8, 4) is 22.9 Å². The number of halogens is 1. The summed E-state index contributed by atoms with van der Waals surface area (Å²) in [4.78, 5) is 21.1. The average molecular weight is 365 g/mol. The third-order valence-electron chi connectivity index (χ3n) is 4.22. The number of rotatable bonds is 4. The van der Waals surface area contributed by atoms with Crippen LogP contribution in [0.5, 0.6) is 11.5 Å². The van der Waals surface area contributed by atoms with E-state index in [1.54, 1.807) is 19.1 Å². The van der Waals surface area contributed by atoms with E-state index in [-0.39, 0.29) is 18.5 Å². The third-order valence-corrected chi connectivity index (χ3v) is 4.22. The molecule has 0 fully saturated rings. The summed E-state index contributed by atoms with van der Waals surface area (Å²) in [5, 5.41) is 2.85. The maximum absolute atomic E-state index is 13.0. The lowest BCUT2D eigenvalue weighted by Gasteiger charge is -2.09. The molecule has 136 valence electrons. The van der Waals surface area contributed by atoms with Gasteiger partial charge in [0.2, 0.25) is 6.79 Å². The molecule has 0 spiro atoms. The molecule has 1 aliphatic heterocycles. The first-order valence-electron chi connectivity index (χ1n) is 8.36. The molecule has 0 aliphatic carbocycles. The minimum atomic E-state index is -0.324. The van der Waals surface area contributed by atoms with Gasteiger partial charge in [-0.15, -0.1) is 0 Å². The highest BCUT2D eigenvalue weighted by atomic mass is 19.1. The van der Waals surface area contributed by atoms with Crippen molar-refractivity contribution in [2.45, 2.75) is 13.5 Å². The number of fused-ring (bicyclic) bond motifs is 1. The number of carbonyl (C=O) groups is 1. The number of carbonyl (C=O) groups excluding carboxylic acids is 1. The Morgan fingerprint density at radius 2 is 1.93 bits per heavy atom. The van der Waals surface area contributed by atoms with Gasteiger partial charge >= 0.3 is 0 Å². The molecule has 1 amide bonds. The summed E-state index contributed by atoms with van der Waals surface area (Å²) in [5.74, 6) is 1.22. The van der Waals surface area contributed by atoms with Crippen LogP contribution in [0, 0.1) is 12.7 Å². The summed E-state index contributed by atoms with van der Waals surface area (Å²) in [5.41, 5.74) is 2.52. The van der Waals surface area contributed by atoms with E-state index in [1.165, 1.54) is 18.3 Å². The van der Waals surface area contributed by atoms with E-state index in [4.69, 9.17) is 9.47 Å². The standard InChI is InChI=1S/C20H16FN3O3/c1-12-16(10-22-19(24-12)14-3-5-15(21)6-4-14)20(25)23-9-13-2-7-17-18(8-13)27-11-26-17/h2-8,10H,9,11H2,1H3,(H,23,25). The fraction of sp³-hybridized carbons (Fsp3) is 0.150. The van der Waals surface area contributed by atoms with Gasteiger partial charge in [-0.1, -0.05) is 6.07 Å². The minimum Gasteiger partial charge on any atom is -0.454 e. The highest BCUT2D eigenvalue weighted by molar-refractivity contribution is 5.95. The lowest BCUT2D eigenvalue weighted by molar-refractivity contribution is 0.0949. The van der Waals surface area contributed by atoms with E-state index < -0.39 is 0 Å². The Bertz CT molecular complexity index is 1010. The SMILES string of the molecule is Cc1nc(-c2ccc(F)cc2)ncc1C(=O)NCc1ccc2c(c1)OCO2. The van der Waals surface area contributed by atoms with Crippen LogP contribution < -0.4 is 14.8 Å². The molecule has 3 aromatic rings. The van der Waals surface area contributed by atoms with E-state index in [2.05, 4.69) is 15.3 Å². The lowest BCUT2D eigenvalue weighted by atomic mass is 10.1. The Hall–Kier alpha value is -3.48. The van der Waals surface area contributed by atoms with Gasteiger partial charge in [-0.05, 0) is 48.9 Å². The summed E-state index contributed by atoms with van der Waals surface area (Å²) >= 11 is 0. The second kappa shape index (κ2) is 7.03. The topological polar surface area (TPSA) is 73.3 Å². The van der Waals surface area contributed by atoms with Gasteiger partial charge in [0.1, 0.15) is 5.82 Å². The zero-order valence-corrected chi connectivity index (χ0v) is 14.5. The predicted octanol–water partition coefficient (Wildman–Crippen LogP) is 3.25. The van der Waals surface area contributed by atoms with Gasteiger partial charge in [0.25, 0.3) is 5.91 Å². The van der Waals surface area contributed by atoms with Gasteiger partial charge < -0.3 is 14.8 Å². The fourth-order valence-electron chi connectivity index (χ4n) is 2.76. The predicted molar refractivity (Wildman–Crippen MR) is 95.9 cm³/mol. The largest absolute Gasteiger partial charge is 0.454 e. The molecule has 1 N–H and O–H groups in total. The molecular weight excluding hydrogens is 349 g/mol. The molecule has 0 atom stereocenters. The first kappa shape index (κ1) is 17.0. The number of hydrogen-bond acceptors (Lipinski definition) is 5. The molecule has 4 rings (SSSR count). The van der Waals surface area contributed by atoms with Crippen LogP contribution in [-0.2, 0) is 6.54 Å². The highest BCUT2D eigenvalue weighted by Gasteiger charge is 2.15. The molecule has 2 aromatic carbocycles. The van der Waals surface area contributed by atoms with Crippen molar-refractivity contribution >= 4 is 5.91 Å². The summed E-state index contributed by atoms with van der Waals surface area (Å²) in [6, 6.07) is 11.4. The van der Waals surface area contributed by atoms with E-state index in [0.717, 1.165) is 5.56 Å². The van der Waals surface area contributed by atoms with Crippen LogP contribution in [-0.4, -0.2) is 22.7 Å². The van der Waals surface area contributed by atoms with Crippen molar-refractivity contribution in [1.82, 2.24) is 15.3 Å². The molecule has 7 heteroatoms. The molecule has 1 aliphatic rings. The number of nitrogens with zero attached hydrogens (tertiary/aromatic N) is 2. The Morgan fingerprint density at radius 1 is 1.15 bits per heavy atom. The zero-order chi connectivity index (χ0) is 18.8. The zero-order valence-electron chi connectivity index (χ0n) is 14.5. The van der Waals surface area contributed by atoms with Gasteiger partial charge in [-0.25, -0.2) is 14.4 Å². The molecule has 2 heterocycles. The van der Waals surface area contributed by atoms with Crippen LogP contribution in [0.1, 0.15) is 21.6 Å². The quantitative estimate of drug-likeness (QED) is 0.768. The van der Waals surface area contributed by atoms with Crippen molar-refractivity contribution in [2.24, 2.45) is 0 Å². The highest BCUT2D eigenvalue weighted by Crippen LogP contribution is 2.32. The molecule has 1 aromatic heterocycles. The number of aryl methyl sites for hydroxylation is 1. The summed E-state index contributed by atoms with van der Waals surface area (Å²) in [6.07, 6.45) is 1.48. The van der Waals surface area contributed by atoms with E-state index in [9.17, 15) is 9.18 Å². The van der Waals surface area contributed by atoms with Crippen molar-refractivity contribution in [2.75, 3.05) is 6.79 Å². The number of ether oxygens (including phenoxy) is 2. The van der Waals surface area contributed by atoms with Crippen LogP contribution in [0.3, 0.4) is 0 Å². The van der Waals surface area contributed by atoms with Crippen molar-refractivity contribution in [1.29, 1.82) is 0 Å². The lowest BCUT2D eigenvalue weighted by Crippen LogP contribution is -2.24. The van der Waals surface area contributed by atoms with Crippen molar-refractivity contribution in [3.05, 3.63) is 71.3 Å². The Morgan fingerprint density at radius 3 is 2.70 bits per heavy atom. The number of nitrogens with one attached hydrogen (secondary N) is 1. The first-order chi connectivity index (χ1) is 13.1. The normalized spacial score (nSPS) is 12.1. The number of benzene rings is 2. The minimum absolute atomic E-state index is 0.210. The molecule has 0 saturated heterocycles. The maximum atomic E-state index is 13.0. The molecule has 0 radical (unpaired) electrons. The van der Waals surface area contributed by atoms with Gasteiger partial charge in [0.15, 0.2) is 17.3 Å². The van der Waals surface area contributed by atoms with Crippen LogP contribution >= 0.6 is 0 Å². The molecule has 0 saturated carbocycles. The van der Waals surface area contributed by atoms with E-state index in [1.807, 2.05) is 18.2 Å². The molecular formula is C20H16FN3O3. The van der Waals surface area contributed by atoms with Crippen LogP contribution in [0.25, 0.3) is 11.4 Å². The Kier molecular flexibility index (Phi) is 4.42. The van der Waals surface area contributed by atoms with Gasteiger partial charge in [0.05, 0.1) is 11.3 Å². The van der Waals surface area contributed by atoms with Crippen LogP contribution in [0.2, 0.25) is 0 Å². The fourth-order valence-corrected chi connectivity index (χ4v) is 2.76. The summed E-state index contributed by atoms with van der Waals surface area (Å²) in [7, 11) is 0. The van der Waals surface area contributed by atoms with Crippen molar-refractivity contribution < 1.29 is 18.7 Å². The first-order valence-corrected chi connectivity index (χ1v) is 8.36. The summed E-state index contributed by atoms with van der Waals surface area (Å²) < 4.78 is 23.6. The molecule has 0 bridgehead atoms. The Balaban J connectivity index is 1.46. The van der Waals surface area contributed by atoms with E-state index in [0.29, 0.717) is 40.7 Å². The second-order valence-electron chi connectivity index (χ2n) is 6.07. The van der Waals surface area contributed by atoms with Crippen LogP contribution in [0.4, 0.5) is 4.39 Å². The summed E-state index contributed by atoms with van der Waals surface area (Å²) in [6.45, 7) is 2.29. The number of aromatic nitrogens is 2. The van der Waals surface area contributed by atoms with Crippen molar-refractivity contribution in [3.63, 3.8) is 0 Å². The molecule has 6 nitrogen and oxygen atoms in total. The van der Waals surface area contributed by atoms with E-state index >= 15 is 0 Å². The molecule has 0 unspecified atom stereocenters. The smallest absolute Gasteiger partial charge is 0.254 e. The average Bonchev–Trinajstić information content (AvgIpc) is 3.14. The Labute approximate surface area is 155 Å². The maximum Gasteiger partial charge on any atom is 0.254 e. The van der Waals surface area contributed by atoms with Gasteiger partial charge in [0, 0.05) is 18.3 Å². The number of amides is 1. The van der Waals surface area contributed by atoms with Crippen LogP contribution in [0.15, 0.2) is 48.7 Å². The monoisotopic (exact) mass is 365 g/mol. The van der Waals surface area contributed by atoms with Gasteiger partial charge in [-0.2, -0.15) is 0 Å². The second-order valence-corrected chi connectivity index (χ2v) is 6.07. The third kappa shape index (κ3) is 3.57. The number of hydrogen-bond donors (Lipinski definition) is 1. The van der Waals surface area contributed by atoms with Gasteiger partial charge in [-0.3, -0.25) is 4.79 Å².